The van der Waals surface area contributed by atoms with Crippen LogP contribution in [0.5, 0.6) is 0 Å². The molecule has 1 aliphatic heterocycles. The molecular weight excluding hydrogens is 330 g/mol. The lowest BCUT2D eigenvalue weighted by Crippen LogP contribution is -2.32. The van der Waals surface area contributed by atoms with Gasteiger partial charge in [0.25, 0.3) is 0 Å². The maximum absolute atomic E-state index is 10.9. The van der Waals surface area contributed by atoms with E-state index in [0.29, 0.717) is 25.3 Å². The number of aromatic nitrogens is 2. The van der Waals surface area contributed by atoms with Crippen molar-refractivity contribution < 1.29 is 14.6 Å². The van der Waals surface area contributed by atoms with E-state index >= 15 is 0 Å². The van der Waals surface area contributed by atoms with Crippen LogP contribution in [-0.4, -0.2) is 33.8 Å². The standard InChI is InChI=1S/C20H21N3O3/c1-13-2-7-17-18(8-13)23-16(11-26-12-19(23)22-17)10-21-9-14-3-5-15(6-4-14)20(24)25/h2-8,16,21H,9-12H2,1H3,(H,24,25). The summed E-state index contributed by atoms with van der Waals surface area (Å²) in [5.74, 6) is 0.0631. The Hall–Kier alpha value is -2.70. The lowest BCUT2D eigenvalue weighted by molar-refractivity contribution is 0.0564. The molecule has 1 aromatic heterocycles. The molecule has 0 saturated carbocycles. The summed E-state index contributed by atoms with van der Waals surface area (Å²) in [7, 11) is 0. The van der Waals surface area contributed by atoms with Gasteiger partial charge in [-0.05, 0) is 42.3 Å². The average Bonchev–Trinajstić information content (AvgIpc) is 3.01. The van der Waals surface area contributed by atoms with E-state index in [2.05, 4.69) is 35.0 Å². The number of carboxylic acid groups (broad SMARTS) is 1. The predicted octanol–water partition coefficient (Wildman–Crippen LogP) is 2.90. The number of benzene rings is 2. The molecule has 2 N–H and O–H groups in total. The molecule has 2 aromatic carbocycles. The Morgan fingerprint density at radius 2 is 2.12 bits per heavy atom. The monoisotopic (exact) mass is 351 g/mol. The molecule has 4 rings (SSSR count). The molecule has 0 fully saturated rings. The Balaban J connectivity index is 1.47. The molecule has 134 valence electrons. The van der Waals surface area contributed by atoms with Gasteiger partial charge in [-0.3, -0.25) is 0 Å². The lowest BCUT2D eigenvalue weighted by Gasteiger charge is -2.26. The number of carbonyl (C=O) groups is 1. The summed E-state index contributed by atoms with van der Waals surface area (Å²) in [5, 5.41) is 12.4. The Labute approximate surface area is 151 Å². The first kappa shape index (κ1) is 16.8. The van der Waals surface area contributed by atoms with Gasteiger partial charge in [0.15, 0.2) is 0 Å². The van der Waals surface area contributed by atoms with Gasteiger partial charge < -0.3 is 19.7 Å². The first-order chi connectivity index (χ1) is 12.6. The topological polar surface area (TPSA) is 76.4 Å². The third-order valence-electron chi connectivity index (χ3n) is 4.73. The van der Waals surface area contributed by atoms with Gasteiger partial charge in [0.1, 0.15) is 12.4 Å². The van der Waals surface area contributed by atoms with E-state index in [1.807, 2.05) is 12.1 Å². The Morgan fingerprint density at radius 1 is 1.31 bits per heavy atom. The largest absolute Gasteiger partial charge is 0.478 e. The molecule has 0 amide bonds. The summed E-state index contributed by atoms with van der Waals surface area (Å²) in [6, 6.07) is 13.4. The summed E-state index contributed by atoms with van der Waals surface area (Å²) in [6.07, 6.45) is 0. The van der Waals surface area contributed by atoms with Gasteiger partial charge in [-0.2, -0.15) is 0 Å². The number of hydrogen-bond donors (Lipinski definition) is 2. The number of ether oxygens (including phenoxy) is 1. The lowest BCUT2D eigenvalue weighted by atomic mass is 10.1. The van der Waals surface area contributed by atoms with Crippen molar-refractivity contribution in [2.24, 2.45) is 0 Å². The predicted molar refractivity (Wildman–Crippen MR) is 98.3 cm³/mol. The first-order valence-corrected chi connectivity index (χ1v) is 8.70. The third-order valence-corrected chi connectivity index (χ3v) is 4.73. The molecule has 6 heteroatoms. The molecule has 0 bridgehead atoms. The average molecular weight is 351 g/mol. The summed E-state index contributed by atoms with van der Waals surface area (Å²) in [6.45, 7) is 4.72. The number of rotatable bonds is 5. The maximum atomic E-state index is 10.9. The number of nitrogens with one attached hydrogen (secondary N) is 1. The highest BCUT2D eigenvalue weighted by Crippen LogP contribution is 2.26. The number of fused-ring (bicyclic) bond motifs is 3. The van der Waals surface area contributed by atoms with E-state index in [4.69, 9.17) is 14.8 Å². The zero-order valence-electron chi connectivity index (χ0n) is 14.6. The number of nitrogens with zero attached hydrogens (tertiary/aromatic N) is 2. The van der Waals surface area contributed by atoms with Gasteiger partial charge in [-0.25, -0.2) is 9.78 Å². The highest BCUT2D eigenvalue weighted by molar-refractivity contribution is 5.87. The van der Waals surface area contributed by atoms with Crippen molar-refractivity contribution in [2.75, 3.05) is 13.2 Å². The SMILES string of the molecule is Cc1ccc2nc3n(c2c1)C(CNCc1ccc(C(=O)O)cc1)COC3. The highest BCUT2D eigenvalue weighted by atomic mass is 16.5. The van der Waals surface area contributed by atoms with Crippen molar-refractivity contribution in [1.29, 1.82) is 0 Å². The summed E-state index contributed by atoms with van der Waals surface area (Å²) >= 11 is 0. The van der Waals surface area contributed by atoms with Crippen LogP contribution in [0, 0.1) is 6.92 Å². The number of hydrogen-bond acceptors (Lipinski definition) is 4. The van der Waals surface area contributed by atoms with Crippen molar-refractivity contribution in [3.63, 3.8) is 0 Å². The van der Waals surface area contributed by atoms with E-state index in [1.54, 1.807) is 12.1 Å². The van der Waals surface area contributed by atoms with Crippen molar-refractivity contribution >= 4 is 17.0 Å². The van der Waals surface area contributed by atoms with Crippen LogP contribution in [0.2, 0.25) is 0 Å². The molecule has 6 nitrogen and oxygen atoms in total. The number of aryl methyl sites for hydroxylation is 1. The smallest absolute Gasteiger partial charge is 0.335 e. The van der Waals surface area contributed by atoms with Gasteiger partial charge >= 0.3 is 5.97 Å². The fourth-order valence-electron chi connectivity index (χ4n) is 3.42. The molecule has 0 saturated heterocycles. The Morgan fingerprint density at radius 3 is 2.88 bits per heavy atom. The molecule has 0 spiro atoms. The maximum Gasteiger partial charge on any atom is 0.335 e. The first-order valence-electron chi connectivity index (χ1n) is 8.70. The second-order valence-corrected chi connectivity index (χ2v) is 6.69. The van der Waals surface area contributed by atoms with E-state index in [-0.39, 0.29) is 6.04 Å². The minimum absolute atomic E-state index is 0.184. The summed E-state index contributed by atoms with van der Waals surface area (Å²) in [4.78, 5) is 15.6. The molecule has 0 aliphatic carbocycles. The molecule has 1 unspecified atom stereocenters. The second kappa shape index (κ2) is 6.90. The zero-order chi connectivity index (χ0) is 18.1. The van der Waals surface area contributed by atoms with Crippen LogP contribution in [0.3, 0.4) is 0 Å². The van der Waals surface area contributed by atoms with Crippen molar-refractivity contribution in [3.8, 4) is 0 Å². The van der Waals surface area contributed by atoms with Crippen molar-refractivity contribution in [2.45, 2.75) is 26.1 Å². The highest BCUT2D eigenvalue weighted by Gasteiger charge is 2.23. The number of carboxylic acids is 1. The van der Waals surface area contributed by atoms with E-state index in [0.717, 1.165) is 29.0 Å². The third kappa shape index (κ3) is 3.21. The van der Waals surface area contributed by atoms with E-state index in [1.165, 1.54) is 5.56 Å². The van der Waals surface area contributed by atoms with Gasteiger partial charge in [0.2, 0.25) is 0 Å². The van der Waals surface area contributed by atoms with Crippen LogP contribution >= 0.6 is 0 Å². The minimum Gasteiger partial charge on any atom is -0.478 e. The van der Waals surface area contributed by atoms with Crippen LogP contribution in [0.25, 0.3) is 11.0 Å². The van der Waals surface area contributed by atoms with Gasteiger partial charge in [-0.1, -0.05) is 18.2 Å². The molecule has 1 aliphatic rings. The molecule has 2 heterocycles. The fourth-order valence-corrected chi connectivity index (χ4v) is 3.42. The fraction of sp³-hybridized carbons (Fsp3) is 0.300. The summed E-state index contributed by atoms with van der Waals surface area (Å²) < 4.78 is 8.01. The van der Waals surface area contributed by atoms with Gasteiger partial charge in [-0.15, -0.1) is 0 Å². The van der Waals surface area contributed by atoms with E-state index in [9.17, 15) is 4.79 Å². The Bertz CT molecular complexity index is 947. The normalized spacial score (nSPS) is 16.6. The second-order valence-electron chi connectivity index (χ2n) is 6.69. The molecule has 26 heavy (non-hydrogen) atoms. The number of aromatic carboxylic acids is 1. The number of imidazole rings is 1. The Kier molecular flexibility index (Phi) is 4.44. The van der Waals surface area contributed by atoms with E-state index < -0.39 is 5.97 Å². The zero-order valence-corrected chi connectivity index (χ0v) is 14.6. The van der Waals surface area contributed by atoms with Crippen LogP contribution < -0.4 is 5.32 Å². The van der Waals surface area contributed by atoms with Crippen LogP contribution in [-0.2, 0) is 17.9 Å². The molecule has 1 atom stereocenters. The van der Waals surface area contributed by atoms with Gasteiger partial charge in [0, 0.05) is 13.1 Å². The van der Waals surface area contributed by atoms with Gasteiger partial charge in [0.05, 0.1) is 29.2 Å². The molecule has 3 aromatic rings. The molecule has 0 radical (unpaired) electrons. The van der Waals surface area contributed by atoms with Crippen LogP contribution in [0.1, 0.15) is 33.4 Å². The van der Waals surface area contributed by atoms with Crippen molar-refractivity contribution in [3.05, 3.63) is 65.0 Å². The minimum atomic E-state index is -0.904. The van der Waals surface area contributed by atoms with Crippen LogP contribution in [0.15, 0.2) is 42.5 Å². The molecular formula is C20H21N3O3. The van der Waals surface area contributed by atoms with Crippen molar-refractivity contribution in [1.82, 2.24) is 14.9 Å². The summed E-state index contributed by atoms with van der Waals surface area (Å²) in [5.41, 5.74) is 4.74. The quantitative estimate of drug-likeness (QED) is 0.739. The van der Waals surface area contributed by atoms with Crippen LogP contribution in [0.4, 0.5) is 0 Å².